The smallest absolute Gasteiger partial charge is 0.227 e. The number of nitrogens with zero attached hydrogens (tertiary/aromatic N) is 1. The van der Waals surface area contributed by atoms with Gasteiger partial charge in [-0.2, -0.15) is 0 Å². The van der Waals surface area contributed by atoms with Crippen molar-refractivity contribution in [3.05, 3.63) is 35.9 Å². The van der Waals surface area contributed by atoms with Gasteiger partial charge < -0.3 is 10.0 Å². The summed E-state index contributed by atoms with van der Waals surface area (Å²) < 4.78 is 0. The Bertz CT molecular complexity index is 438. The van der Waals surface area contributed by atoms with Crippen molar-refractivity contribution in [2.75, 3.05) is 11.4 Å². The summed E-state index contributed by atoms with van der Waals surface area (Å²) in [6.45, 7) is 2.54. The number of aromatic hydroxyl groups is 1. The van der Waals surface area contributed by atoms with Gasteiger partial charge in [0.05, 0.1) is 0 Å². The molecule has 1 aromatic carbocycles. The minimum Gasteiger partial charge on any atom is -0.508 e. The van der Waals surface area contributed by atoms with Crippen LogP contribution in [-0.2, 0) is 11.2 Å². The number of phenols is 1. The fourth-order valence-electron chi connectivity index (χ4n) is 1.96. The van der Waals surface area contributed by atoms with E-state index in [1.54, 1.807) is 17.0 Å². The normalized spacial score (nSPS) is 15.6. The highest BCUT2D eigenvalue weighted by Crippen LogP contribution is 2.30. The van der Waals surface area contributed by atoms with Crippen molar-refractivity contribution in [2.45, 2.75) is 19.8 Å². The molecule has 1 heterocycles. The summed E-state index contributed by atoms with van der Waals surface area (Å²) >= 11 is 0. The third kappa shape index (κ3) is 1.94. The Morgan fingerprint density at radius 1 is 1.44 bits per heavy atom. The lowest BCUT2D eigenvalue weighted by Crippen LogP contribution is -2.35. The molecule has 1 aliphatic rings. The largest absolute Gasteiger partial charge is 0.508 e. The molecule has 0 radical (unpaired) electrons. The Balaban J connectivity index is 2.36. The Kier molecular flexibility index (Phi) is 2.95. The standard InChI is InChI=1S/C13H15NO2/c1-2-3-8-14-12-6-5-11(15)9-10(12)4-7-13(14)16/h2-3,5-6,9,15H,4,7-8H2,1H3/b3-2+. The maximum atomic E-state index is 11.8. The molecule has 1 amide bonds. The molecule has 0 spiro atoms. The van der Waals surface area contributed by atoms with Gasteiger partial charge in [0.1, 0.15) is 5.75 Å². The second kappa shape index (κ2) is 4.39. The van der Waals surface area contributed by atoms with Crippen LogP contribution in [0.15, 0.2) is 30.4 Å². The Morgan fingerprint density at radius 3 is 3.00 bits per heavy atom. The topological polar surface area (TPSA) is 40.5 Å². The van der Waals surface area contributed by atoms with Crippen LogP contribution in [0.5, 0.6) is 5.75 Å². The van der Waals surface area contributed by atoms with Crippen molar-refractivity contribution in [2.24, 2.45) is 0 Å². The van der Waals surface area contributed by atoms with E-state index in [0.717, 1.165) is 17.7 Å². The lowest BCUT2D eigenvalue weighted by Gasteiger charge is -2.28. The molecule has 0 saturated carbocycles. The summed E-state index contributed by atoms with van der Waals surface area (Å²) in [5.74, 6) is 0.412. The van der Waals surface area contributed by atoms with E-state index in [-0.39, 0.29) is 11.7 Å². The van der Waals surface area contributed by atoms with Gasteiger partial charge in [0.15, 0.2) is 0 Å². The number of carbonyl (C=O) groups is 1. The van der Waals surface area contributed by atoms with Crippen LogP contribution < -0.4 is 4.90 Å². The number of hydrogen-bond acceptors (Lipinski definition) is 2. The zero-order valence-corrected chi connectivity index (χ0v) is 9.31. The molecule has 3 nitrogen and oxygen atoms in total. The quantitative estimate of drug-likeness (QED) is 0.772. The third-order valence-electron chi connectivity index (χ3n) is 2.79. The molecule has 0 unspecified atom stereocenters. The number of benzene rings is 1. The molecule has 0 aromatic heterocycles. The Hall–Kier alpha value is -1.77. The van der Waals surface area contributed by atoms with E-state index < -0.39 is 0 Å². The van der Waals surface area contributed by atoms with Gasteiger partial charge in [-0.1, -0.05) is 12.2 Å². The fraction of sp³-hybridized carbons (Fsp3) is 0.308. The summed E-state index contributed by atoms with van der Waals surface area (Å²) in [5, 5.41) is 9.40. The minimum absolute atomic E-state index is 0.149. The Labute approximate surface area is 95.0 Å². The molecule has 0 fully saturated rings. The first kappa shape index (κ1) is 10.7. The van der Waals surface area contributed by atoms with Crippen molar-refractivity contribution in [3.8, 4) is 5.75 Å². The van der Waals surface area contributed by atoms with Crippen molar-refractivity contribution >= 4 is 11.6 Å². The summed E-state index contributed by atoms with van der Waals surface area (Å²) in [7, 11) is 0. The summed E-state index contributed by atoms with van der Waals surface area (Å²) in [5.41, 5.74) is 1.97. The van der Waals surface area contributed by atoms with Crippen LogP contribution >= 0.6 is 0 Å². The molecular formula is C13H15NO2. The molecule has 3 heteroatoms. The van der Waals surface area contributed by atoms with Crippen molar-refractivity contribution < 1.29 is 9.90 Å². The predicted octanol–water partition coefficient (Wildman–Crippen LogP) is 2.25. The summed E-state index contributed by atoms with van der Waals surface area (Å²) in [6.07, 6.45) is 5.13. The number of fused-ring (bicyclic) bond motifs is 1. The minimum atomic E-state index is 0.149. The second-order valence-corrected chi connectivity index (χ2v) is 3.89. The van der Waals surface area contributed by atoms with Gasteiger partial charge in [0.2, 0.25) is 5.91 Å². The van der Waals surface area contributed by atoms with E-state index in [9.17, 15) is 9.90 Å². The van der Waals surface area contributed by atoms with E-state index in [2.05, 4.69) is 0 Å². The van der Waals surface area contributed by atoms with E-state index in [0.29, 0.717) is 13.0 Å². The number of aryl methyl sites for hydroxylation is 1. The number of carbonyl (C=O) groups excluding carboxylic acids is 1. The maximum absolute atomic E-state index is 11.8. The van der Waals surface area contributed by atoms with E-state index in [1.807, 2.05) is 25.1 Å². The highest BCUT2D eigenvalue weighted by atomic mass is 16.3. The number of hydrogen-bond donors (Lipinski definition) is 1. The van der Waals surface area contributed by atoms with Gasteiger partial charge in [0.25, 0.3) is 0 Å². The molecule has 1 aromatic rings. The third-order valence-corrected chi connectivity index (χ3v) is 2.79. The average molecular weight is 217 g/mol. The molecule has 0 saturated heterocycles. The molecule has 2 rings (SSSR count). The van der Waals surface area contributed by atoms with Crippen molar-refractivity contribution in [3.63, 3.8) is 0 Å². The van der Waals surface area contributed by atoms with Gasteiger partial charge in [-0.3, -0.25) is 4.79 Å². The zero-order chi connectivity index (χ0) is 11.5. The van der Waals surface area contributed by atoms with Crippen LogP contribution in [0.3, 0.4) is 0 Å². The monoisotopic (exact) mass is 217 g/mol. The van der Waals surface area contributed by atoms with Gasteiger partial charge in [-0.05, 0) is 37.1 Å². The first-order chi connectivity index (χ1) is 7.72. The van der Waals surface area contributed by atoms with Gasteiger partial charge in [-0.15, -0.1) is 0 Å². The zero-order valence-electron chi connectivity index (χ0n) is 9.31. The Morgan fingerprint density at radius 2 is 2.25 bits per heavy atom. The van der Waals surface area contributed by atoms with Gasteiger partial charge in [0, 0.05) is 18.7 Å². The summed E-state index contributed by atoms with van der Waals surface area (Å²) in [4.78, 5) is 13.5. The average Bonchev–Trinajstić information content (AvgIpc) is 2.28. The van der Waals surface area contributed by atoms with Crippen LogP contribution in [0.25, 0.3) is 0 Å². The van der Waals surface area contributed by atoms with E-state index in [1.165, 1.54) is 0 Å². The molecule has 0 aliphatic carbocycles. The van der Waals surface area contributed by atoms with Gasteiger partial charge >= 0.3 is 0 Å². The second-order valence-electron chi connectivity index (χ2n) is 3.89. The molecule has 0 atom stereocenters. The molecule has 1 aliphatic heterocycles. The molecule has 0 bridgehead atoms. The first-order valence-electron chi connectivity index (χ1n) is 5.46. The predicted molar refractivity (Wildman–Crippen MR) is 63.6 cm³/mol. The van der Waals surface area contributed by atoms with Crippen LogP contribution in [0.4, 0.5) is 5.69 Å². The molecule has 84 valence electrons. The number of allylic oxidation sites excluding steroid dienone is 1. The summed E-state index contributed by atoms with van der Waals surface area (Å²) in [6, 6.07) is 5.18. The van der Waals surface area contributed by atoms with Crippen molar-refractivity contribution in [1.29, 1.82) is 0 Å². The van der Waals surface area contributed by atoms with E-state index >= 15 is 0 Å². The lowest BCUT2D eigenvalue weighted by molar-refractivity contribution is -0.118. The van der Waals surface area contributed by atoms with Gasteiger partial charge in [-0.25, -0.2) is 0 Å². The number of anilines is 1. The number of phenolic OH excluding ortho intramolecular Hbond substituents is 1. The molecule has 16 heavy (non-hydrogen) atoms. The molecular weight excluding hydrogens is 202 g/mol. The van der Waals surface area contributed by atoms with Crippen LogP contribution in [-0.4, -0.2) is 17.6 Å². The highest BCUT2D eigenvalue weighted by molar-refractivity contribution is 5.96. The van der Waals surface area contributed by atoms with Crippen LogP contribution in [0.2, 0.25) is 0 Å². The van der Waals surface area contributed by atoms with Crippen molar-refractivity contribution in [1.82, 2.24) is 0 Å². The fourth-order valence-corrected chi connectivity index (χ4v) is 1.96. The lowest BCUT2D eigenvalue weighted by atomic mass is 10.0. The highest BCUT2D eigenvalue weighted by Gasteiger charge is 2.22. The first-order valence-corrected chi connectivity index (χ1v) is 5.46. The van der Waals surface area contributed by atoms with E-state index in [4.69, 9.17) is 0 Å². The van der Waals surface area contributed by atoms with Crippen LogP contribution in [0, 0.1) is 0 Å². The molecule has 1 N–H and O–H groups in total. The number of amides is 1. The maximum Gasteiger partial charge on any atom is 0.227 e. The SMILES string of the molecule is C/C=C/CN1C(=O)CCc2cc(O)ccc21. The number of rotatable bonds is 2. The van der Waals surface area contributed by atoms with Crippen LogP contribution in [0.1, 0.15) is 18.9 Å².